The molecule has 0 saturated carbocycles. The molecule has 20 heavy (non-hydrogen) atoms. The van der Waals surface area contributed by atoms with Gasteiger partial charge in [0, 0.05) is 32.8 Å². The molecule has 1 amide bonds. The summed E-state index contributed by atoms with van der Waals surface area (Å²) >= 11 is 0. The molecule has 1 aliphatic heterocycles. The number of nitrogens with one attached hydrogen (secondary N) is 1. The summed E-state index contributed by atoms with van der Waals surface area (Å²) in [7, 11) is 0. The maximum atomic E-state index is 11.9. The minimum atomic E-state index is -0.431. The molecule has 0 aliphatic carbocycles. The van der Waals surface area contributed by atoms with Crippen molar-refractivity contribution in [3.05, 3.63) is 0 Å². The lowest BCUT2D eigenvalue weighted by Gasteiger charge is -2.27. The van der Waals surface area contributed by atoms with E-state index in [9.17, 15) is 4.79 Å². The van der Waals surface area contributed by atoms with Gasteiger partial charge in [-0.3, -0.25) is 0 Å². The van der Waals surface area contributed by atoms with Crippen LogP contribution in [0.4, 0.5) is 4.79 Å². The Morgan fingerprint density at radius 3 is 2.55 bits per heavy atom. The molecule has 0 radical (unpaired) electrons. The van der Waals surface area contributed by atoms with Gasteiger partial charge in [-0.2, -0.15) is 0 Å². The van der Waals surface area contributed by atoms with Crippen LogP contribution in [0.1, 0.15) is 40.5 Å². The summed E-state index contributed by atoms with van der Waals surface area (Å²) in [5.74, 6) is 0.709. The Morgan fingerprint density at radius 1 is 1.35 bits per heavy atom. The average Bonchev–Trinajstić information content (AvgIpc) is 2.38. The van der Waals surface area contributed by atoms with E-state index in [2.05, 4.69) is 5.32 Å². The summed E-state index contributed by atoms with van der Waals surface area (Å²) in [6, 6.07) is 0. The highest BCUT2D eigenvalue weighted by atomic mass is 16.6. The maximum Gasteiger partial charge on any atom is 0.410 e. The number of hydrogen-bond donors (Lipinski definition) is 1. The van der Waals surface area contributed by atoms with Gasteiger partial charge < -0.3 is 19.7 Å². The minimum absolute atomic E-state index is 0.229. The molecular formula is C15H30N2O3. The maximum absolute atomic E-state index is 11.9. The SMILES string of the molecule is CCN(CCNCC1CCOCC1)C(=O)OC(C)(C)C. The standard InChI is InChI=1S/C15H30N2O3/c1-5-17(14(18)20-15(2,3)4)9-8-16-12-13-6-10-19-11-7-13/h13,16H,5-12H2,1-4H3. The number of ether oxygens (including phenoxy) is 2. The molecule has 5 nitrogen and oxygen atoms in total. The van der Waals surface area contributed by atoms with Crippen molar-refractivity contribution in [1.29, 1.82) is 0 Å². The molecule has 0 aromatic carbocycles. The second-order valence-electron chi connectivity index (χ2n) is 6.32. The molecule has 0 spiro atoms. The van der Waals surface area contributed by atoms with Gasteiger partial charge in [-0.05, 0) is 53.0 Å². The third kappa shape index (κ3) is 7.10. The summed E-state index contributed by atoms with van der Waals surface area (Å²) < 4.78 is 10.7. The first-order valence-corrected chi connectivity index (χ1v) is 7.68. The molecule has 0 bridgehead atoms. The second kappa shape index (κ2) is 8.47. The summed E-state index contributed by atoms with van der Waals surface area (Å²) in [4.78, 5) is 13.7. The van der Waals surface area contributed by atoms with Gasteiger partial charge in [0.25, 0.3) is 0 Å². The Hall–Kier alpha value is -0.810. The molecule has 1 aliphatic rings. The van der Waals surface area contributed by atoms with Gasteiger partial charge in [0.1, 0.15) is 5.60 Å². The molecule has 0 unspecified atom stereocenters. The molecule has 1 rings (SSSR count). The number of amides is 1. The first kappa shape index (κ1) is 17.2. The van der Waals surface area contributed by atoms with E-state index in [4.69, 9.17) is 9.47 Å². The average molecular weight is 286 g/mol. The van der Waals surface area contributed by atoms with Crippen molar-refractivity contribution in [2.45, 2.75) is 46.1 Å². The van der Waals surface area contributed by atoms with Crippen LogP contribution in [0.15, 0.2) is 0 Å². The molecule has 0 aromatic rings. The Balaban J connectivity index is 2.18. The molecule has 0 aromatic heterocycles. The Kier molecular flexibility index (Phi) is 7.30. The number of carbonyl (C=O) groups excluding carboxylic acids is 1. The highest BCUT2D eigenvalue weighted by Crippen LogP contribution is 2.13. The fraction of sp³-hybridized carbons (Fsp3) is 0.933. The lowest BCUT2D eigenvalue weighted by Crippen LogP contribution is -2.41. The Morgan fingerprint density at radius 2 is 2.00 bits per heavy atom. The van der Waals surface area contributed by atoms with E-state index in [0.717, 1.165) is 39.1 Å². The number of hydrogen-bond acceptors (Lipinski definition) is 4. The minimum Gasteiger partial charge on any atom is -0.444 e. The molecule has 0 atom stereocenters. The van der Waals surface area contributed by atoms with Crippen molar-refractivity contribution >= 4 is 6.09 Å². The van der Waals surface area contributed by atoms with E-state index >= 15 is 0 Å². The van der Waals surface area contributed by atoms with Crippen LogP contribution in [0.25, 0.3) is 0 Å². The van der Waals surface area contributed by atoms with E-state index in [0.29, 0.717) is 19.0 Å². The first-order valence-electron chi connectivity index (χ1n) is 7.68. The van der Waals surface area contributed by atoms with Crippen molar-refractivity contribution in [2.24, 2.45) is 5.92 Å². The van der Waals surface area contributed by atoms with Crippen LogP contribution in [0.3, 0.4) is 0 Å². The topological polar surface area (TPSA) is 50.8 Å². The van der Waals surface area contributed by atoms with Crippen LogP contribution in [-0.4, -0.2) is 56.0 Å². The lowest BCUT2D eigenvalue weighted by atomic mass is 10.0. The Bertz CT molecular complexity index is 283. The van der Waals surface area contributed by atoms with Gasteiger partial charge in [0.2, 0.25) is 0 Å². The fourth-order valence-electron chi connectivity index (χ4n) is 2.18. The summed E-state index contributed by atoms with van der Waals surface area (Å²) in [5.41, 5.74) is -0.431. The van der Waals surface area contributed by atoms with Crippen molar-refractivity contribution in [1.82, 2.24) is 10.2 Å². The first-order chi connectivity index (χ1) is 9.42. The van der Waals surface area contributed by atoms with Crippen LogP contribution in [0.2, 0.25) is 0 Å². The fourth-order valence-corrected chi connectivity index (χ4v) is 2.18. The van der Waals surface area contributed by atoms with Crippen LogP contribution < -0.4 is 5.32 Å². The highest BCUT2D eigenvalue weighted by Gasteiger charge is 2.20. The number of nitrogens with zero attached hydrogens (tertiary/aromatic N) is 1. The van der Waals surface area contributed by atoms with Gasteiger partial charge in [-0.1, -0.05) is 0 Å². The van der Waals surface area contributed by atoms with Gasteiger partial charge in [-0.15, -0.1) is 0 Å². The van der Waals surface area contributed by atoms with E-state index in [1.807, 2.05) is 27.7 Å². The van der Waals surface area contributed by atoms with Crippen molar-refractivity contribution in [3.8, 4) is 0 Å². The third-order valence-corrected chi connectivity index (χ3v) is 3.37. The lowest BCUT2D eigenvalue weighted by molar-refractivity contribution is 0.0260. The summed E-state index contributed by atoms with van der Waals surface area (Å²) in [6.07, 6.45) is 2.04. The van der Waals surface area contributed by atoms with Gasteiger partial charge in [-0.25, -0.2) is 4.79 Å². The van der Waals surface area contributed by atoms with Crippen molar-refractivity contribution < 1.29 is 14.3 Å². The van der Waals surface area contributed by atoms with Gasteiger partial charge >= 0.3 is 6.09 Å². The largest absolute Gasteiger partial charge is 0.444 e. The number of likely N-dealkylation sites (N-methyl/N-ethyl adjacent to an activating group) is 1. The number of rotatable bonds is 6. The molecule has 5 heteroatoms. The number of carbonyl (C=O) groups is 1. The smallest absolute Gasteiger partial charge is 0.410 e. The molecule has 1 saturated heterocycles. The zero-order valence-electron chi connectivity index (χ0n) is 13.4. The van der Waals surface area contributed by atoms with Crippen LogP contribution in [0, 0.1) is 5.92 Å². The van der Waals surface area contributed by atoms with Crippen LogP contribution in [-0.2, 0) is 9.47 Å². The normalized spacial score (nSPS) is 17.0. The zero-order chi connectivity index (χ0) is 15.0. The second-order valence-corrected chi connectivity index (χ2v) is 6.32. The van der Waals surface area contributed by atoms with Crippen LogP contribution in [0.5, 0.6) is 0 Å². The van der Waals surface area contributed by atoms with E-state index in [1.54, 1.807) is 4.90 Å². The highest BCUT2D eigenvalue weighted by molar-refractivity contribution is 5.68. The summed E-state index contributed by atoms with van der Waals surface area (Å²) in [5, 5.41) is 3.43. The van der Waals surface area contributed by atoms with E-state index < -0.39 is 5.60 Å². The summed E-state index contributed by atoms with van der Waals surface area (Å²) in [6.45, 7) is 12.6. The predicted octanol–water partition coefficient (Wildman–Crippen LogP) is 2.26. The van der Waals surface area contributed by atoms with Crippen molar-refractivity contribution in [3.63, 3.8) is 0 Å². The molecule has 1 heterocycles. The van der Waals surface area contributed by atoms with Gasteiger partial charge in [0.15, 0.2) is 0 Å². The quantitative estimate of drug-likeness (QED) is 0.761. The van der Waals surface area contributed by atoms with Crippen molar-refractivity contribution in [2.75, 3.05) is 39.4 Å². The van der Waals surface area contributed by atoms with Gasteiger partial charge in [0.05, 0.1) is 0 Å². The predicted molar refractivity (Wildman–Crippen MR) is 79.9 cm³/mol. The molecular weight excluding hydrogens is 256 g/mol. The molecule has 1 N–H and O–H groups in total. The molecule has 1 fully saturated rings. The molecule has 118 valence electrons. The zero-order valence-corrected chi connectivity index (χ0v) is 13.4. The van der Waals surface area contributed by atoms with E-state index in [-0.39, 0.29) is 6.09 Å². The van der Waals surface area contributed by atoms with Crippen LogP contribution >= 0.6 is 0 Å². The monoisotopic (exact) mass is 286 g/mol. The Labute approximate surface area is 123 Å². The van der Waals surface area contributed by atoms with E-state index in [1.165, 1.54) is 0 Å². The third-order valence-electron chi connectivity index (χ3n) is 3.37.